The first-order valence-corrected chi connectivity index (χ1v) is 6.40. The fraction of sp³-hybridized carbons (Fsp3) is 1.00. The average Bonchev–Trinajstić information content (AvgIpc) is 2.29. The minimum Gasteiger partial charge on any atom is -0.391 e. The van der Waals surface area contributed by atoms with E-state index >= 15 is 0 Å². The molecule has 0 heterocycles. The minimum absolute atomic E-state index is 0.151. The molecule has 3 nitrogen and oxygen atoms in total. The molecule has 0 aromatic rings. The first-order chi connectivity index (χ1) is 8.43. The van der Waals surface area contributed by atoms with Gasteiger partial charge in [-0.2, -0.15) is 13.2 Å². The number of nitrogens with one attached hydrogen (secondary N) is 1. The van der Waals surface area contributed by atoms with Gasteiger partial charge >= 0.3 is 6.18 Å². The molecule has 0 aromatic carbocycles. The van der Waals surface area contributed by atoms with Crippen molar-refractivity contribution < 1.29 is 23.0 Å². The fourth-order valence-corrected chi connectivity index (χ4v) is 2.35. The monoisotopic (exact) mass is 269 g/mol. The molecule has 0 saturated heterocycles. The van der Waals surface area contributed by atoms with E-state index in [9.17, 15) is 18.3 Å². The molecule has 6 heteroatoms. The molecule has 2 N–H and O–H groups in total. The maximum atomic E-state index is 12.4. The number of aliphatic hydroxyl groups excluding tert-OH is 1. The lowest BCUT2D eigenvalue weighted by Gasteiger charge is -2.30. The molecule has 0 aromatic heterocycles. The molecule has 18 heavy (non-hydrogen) atoms. The zero-order valence-corrected chi connectivity index (χ0v) is 10.7. The summed E-state index contributed by atoms with van der Waals surface area (Å²) in [5.41, 5.74) is 0. The first-order valence-electron chi connectivity index (χ1n) is 6.40. The first kappa shape index (κ1) is 15.7. The standard InChI is InChI=1S/C12H22F3NO2/c1-18-8-11(17)6-7-16-10-4-2-9(3-5-10)12(13,14)15/h9-11,16-17H,2-8H2,1H3. The maximum absolute atomic E-state index is 12.4. The Hall–Kier alpha value is -0.330. The molecule has 1 fully saturated rings. The molecule has 1 unspecified atom stereocenters. The van der Waals surface area contributed by atoms with Gasteiger partial charge in [0.1, 0.15) is 0 Å². The Morgan fingerprint density at radius 3 is 2.39 bits per heavy atom. The summed E-state index contributed by atoms with van der Waals surface area (Å²) in [6.07, 6.45) is -2.44. The number of aliphatic hydroxyl groups is 1. The number of methoxy groups -OCH3 is 1. The zero-order chi connectivity index (χ0) is 13.6. The van der Waals surface area contributed by atoms with Gasteiger partial charge in [0, 0.05) is 13.2 Å². The van der Waals surface area contributed by atoms with Crippen molar-refractivity contribution in [2.75, 3.05) is 20.3 Å². The largest absolute Gasteiger partial charge is 0.391 e. The van der Waals surface area contributed by atoms with Crippen LogP contribution in [0.15, 0.2) is 0 Å². The van der Waals surface area contributed by atoms with Crippen LogP contribution in [0.1, 0.15) is 32.1 Å². The summed E-state index contributed by atoms with van der Waals surface area (Å²) >= 11 is 0. The predicted octanol–water partition coefficient (Wildman–Crippen LogP) is 2.09. The van der Waals surface area contributed by atoms with E-state index in [1.165, 1.54) is 7.11 Å². The number of rotatable bonds is 6. The maximum Gasteiger partial charge on any atom is 0.391 e. The third-order valence-corrected chi connectivity index (χ3v) is 3.46. The van der Waals surface area contributed by atoms with E-state index in [0.29, 0.717) is 32.4 Å². The number of ether oxygens (including phenoxy) is 1. The summed E-state index contributed by atoms with van der Waals surface area (Å²) in [6.45, 7) is 0.911. The lowest BCUT2D eigenvalue weighted by molar-refractivity contribution is -0.182. The molecule has 0 amide bonds. The fourth-order valence-electron chi connectivity index (χ4n) is 2.35. The van der Waals surface area contributed by atoms with E-state index in [0.717, 1.165) is 0 Å². The van der Waals surface area contributed by atoms with Gasteiger partial charge in [-0.15, -0.1) is 0 Å². The Labute approximate surface area is 106 Å². The SMILES string of the molecule is COCC(O)CCNC1CCC(C(F)(F)F)CC1. The van der Waals surface area contributed by atoms with Gasteiger partial charge in [0.15, 0.2) is 0 Å². The highest BCUT2D eigenvalue weighted by Gasteiger charge is 2.41. The molecule has 108 valence electrons. The molecular formula is C12H22F3NO2. The van der Waals surface area contributed by atoms with Crippen LogP contribution in [-0.4, -0.2) is 43.7 Å². The van der Waals surface area contributed by atoms with Crippen LogP contribution in [0.4, 0.5) is 13.2 Å². The molecule has 0 aliphatic heterocycles. The Kier molecular flexibility index (Phi) is 6.38. The van der Waals surface area contributed by atoms with Crippen LogP contribution in [0, 0.1) is 5.92 Å². The zero-order valence-electron chi connectivity index (χ0n) is 10.7. The second-order valence-corrected chi connectivity index (χ2v) is 4.94. The normalized spacial score (nSPS) is 27.2. The van der Waals surface area contributed by atoms with Crippen molar-refractivity contribution in [2.45, 2.75) is 50.4 Å². The minimum atomic E-state index is -4.04. The lowest BCUT2D eigenvalue weighted by Crippen LogP contribution is -2.38. The Morgan fingerprint density at radius 1 is 1.28 bits per heavy atom. The average molecular weight is 269 g/mol. The van der Waals surface area contributed by atoms with Gasteiger partial charge in [0.2, 0.25) is 0 Å². The van der Waals surface area contributed by atoms with Gasteiger partial charge in [-0.1, -0.05) is 0 Å². The van der Waals surface area contributed by atoms with Crippen molar-refractivity contribution in [3.8, 4) is 0 Å². The van der Waals surface area contributed by atoms with Crippen LogP contribution in [0.2, 0.25) is 0 Å². The molecule has 1 aliphatic carbocycles. The highest BCUT2D eigenvalue weighted by atomic mass is 19.4. The predicted molar refractivity (Wildman–Crippen MR) is 62.3 cm³/mol. The summed E-state index contributed by atoms with van der Waals surface area (Å²) in [4.78, 5) is 0. The molecule has 0 spiro atoms. The highest BCUT2D eigenvalue weighted by molar-refractivity contribution is 4.80. The van der Waals surface area contributed by atoms with E-state index in [1.807, 2.05) is 0 Å². The third-order valence-electron chi connectivity index (χ3n) is 3.46. The van der Waals surface area contributed by atoms with Crippen LogP contribution in [0.25, 0.3) is 0 Å². The van der Waals surface area contributed by atoms with Gasteiger partial charge in [0.25, 0.3) is 0 Å². The quantitative estimate of drug-likeness (QED) is 0.776. The van der Waals surface area contributed by atoms with Gasteiger partial charge in [-0.3, -0.25) is 0 Å². The third kappa shape index (κ3) is 5.54. The molecule has 0 radical (unpaired) electrons. The molecule has 1 saturated carbocycles. The number of halogens is 3. The van der Waals surface area contributed by atoms with Crippen molar-refractivity contribution in [2.24, 2.45) is 5.92 Å². The smallest absolute Gasteiger partial charge is 0.391 e. The summed E-state index contributed by atoms with van der Waals surface area (Å²) in [6, 6.07) is 0.151. The van der Waals surface area contributed by atoms with Crippen molar-refractivity contribution >= 4 is 0 Å². The summed E-state index contributed by atoms with van der Waals surface area (Å²) in [7, 11) is 1.52. The molecule has 0 bridgehead atoms. The van der Waals surface area contributed by atoms with Crippen LogP contribution < -0.4 is 5.32 Å². The molecule has 1 atom stereocenters. The number of alkyl halides is 3. The highest BCUT2D eigenvalue weighted by Crippen LogP contribution is 2.37. The van der Waals surface area contributed by atoms with Crippen molar-refractivity contribution in [3.63, 3.8) is 0 Å². The van der Waals surface area contributed by atoms with Crippen LogP contribution in [0.3, 0.4) is 0 Å². The van der Waals surface area contributed by atoms with Gasteiger partial charge in [-0.25, -0.2) is 0 Å². The number of hydrogen-bond acceptors (Lipinski definition) is 3. The summed E-state index contributed by atoms with van der Waals surface area (Å²) < 4.78 is 42.1. The second-order valence-electron chi connectivity index (χ2n) is 4.94. The van der Waals surface area contributed by atoms with Crippen molar-refractivity contribution in [1.29, 1.82) is 0 Å². The van der Waals surface area contributed by atoms with Gasteiger partial charge in [-0.05, 0) is 38.6 Å². The Bertz CT molecular complexity index is 228. The Morgan fingerprint density at radius 2 is 1.89 bits per heavy atom. The Balaban J connectivity index is 2.13. The van der Waals surface area contributed by atoms with E-state index in [2.05, 4.69) is 5.32 Å². The molecular weight excluding hydrogens is 247 g/mol. The van der Waals surface area contributed by atoms with Gasteiger partial charge < -0.3 is 15.2 Å². The van der Waals surface area contributed by atoms with E-state index in [-0.39, 0.29) is 18.9 Å². The van der Waals surface area contributed by atoms with Gasteiger partial charge in [0.05, 0.1) is 18.6 Å². The summed E-state index contributed by atoms with van der Waals surface area (Å²) in [5.74, 6) is -1.13. The molecule has 1 rings (SSSR count). The number of hydrogen-bond donors (Lipinski definition) is 2. The lowest BCUT2D eigenvalue weighted by atomic mass is 9.85. The van der Waals surface area contributed by atoms with Crippen LogP contribution >= 0.6 is 0 Å². The van der Waals surface area contributed by atoms with Crippen molar-refractivity contribution in [3.05, 3.63) is 0 Å². The molecule has 1 aliphatic rings. The van der Waals surface area contributed by atoms with Crippen LogP contribution in [-0.2, 0) is 4.74 Å². The summed E-state index contributed by atoms with van der Waals surface area (Å²) in [5, 5.41) is 12.6. The van der Waals surface area contributed by atoms with E-state index in [4.69, 9.17) is 4.74 Å². The van der Waals surface area contributed by atoms with E-state index in [1.54, 1.807) is 0 Å². The second kappa shape index (κ2) is 7.31. The van der Waals surface area contributed by atoms with E-state index < -0.39 is 18.2 Å². The topological polar surface area (TPSA) is 41.5 Å². The van der Waals surface area contributed by atoms with Crippen LogP contribution in [0.5, 0.6) is 0 Å². The van der Waals surface area contributed by atoms with Crippen molar-refractivity contribution in [1.82, 2.24) is 5.32 Å².